The third-order valence-corrected chi connectivity index (χ3v) is 5.60. The molecule has 4 aliphatic rings. The quantitative estimate of drug-likeness (QED) is 0.869. The van der Waals surface area contributed by atoms with Gasteiger partial charge in [-0.05, 0) is 67.9 Å². The SMILES string of the molecule is N#Cc1ccccc1NC1C2CC3CC(C2)CC1C3. The zero-order valence-corrected chi connectivity index (χ0v) is 11.2. The summed E-state index contributed by atoms with van der Waals surface area (Å²) in [7, 11) is 0. The largest absolute Gasteiger partial charge is 0.381 e. The molecule has 2 nitrogen and oxygen atoms in total. The van der Waals surface area contributed by atoms with Crippen LogP contribution in [0, 0.1) is 35.0 Å². The Morgan fingerprint density at radius 2 is 1.58 bits per heavy atom. The summed E-state index contributed by atoms with van der Waals surface area (Å²) in [4.78, 5) is 0. The molecule has 4 bridgehead atoms. The van der Waals surface area contributed by atoms with Crippen molar-refractivity contribution in [2.75, 3.05) is 5.32 Å². The maximum absolute atomic E-state index is 9.21. The minimum absolute atomic E-state index is 0.613. The number of para-hydroxylation sites is 1. The van der Waals surface area contributed by atoms with Crippen LogP contribution in [0.4, 0.5) is 5.69 Å². The molecule has 1 N–H and O–H groups in total. The number of hydrogen-bond acceptors (Lipinski definition) is 2. The molecule has 0 radical (unpaired) electrons. The first-order chi connectivity index (χ1) is 9.33. The van der Waals surface area contributed by atoms with E-state index in [0.717, 1.165) is 34.9 Å². The van der Waals surface area contributed by atoms with Gasteiger partial charge in [-0.15, -0.1) is 0 Å². The zero-order chi connectivity index (χ0) is 12.8. The van der Waals surface area contributed by atoms with Crippen LogP contribution in [-0.2, 0) is 0 Å². The van der Waals surface area contributed by atoms with Crippen molar-refractivity contribution < 1.29 is 0 Å². The van der Waals surface area contributed by atoms with Crippen LogP contribution >= 0.6 is 0 Å². The number of anilines is 1. The van der Waals surface area contributed by atoms with Crippen molar-refractivity contribution in [3.8, 4) is 6.07 Å². The number of nitrogens with one attached hydrogen (secondary N) is 1. The third kappa shape index (κ3) is 1.84. The second-order valence-corrected chi connectivity index (χ2v) is 6.76. The van der Waals surface area contributed by atoms with Gasteiger partial charge in [-0.2, -0.15) is 5.26 Å². The van der Waals surface area contributed by atoms with Gasteiger partial charge in [0.25, 0.3) is 0 Å². The summed E-state index contributed by atoms with van der Waals surface area (Å²) in [6.45, 7) is 0. The predicted molar refractivity (Wildman–Crippen MR) is 75.6 cm³/mol. The van der Waals surface area contributed by atoms with Gasteiger partial charge >= 0.3 is 0 Å². The second kappa shape index (κ2) is 4.27. The van der Waals surface area contributed by atoms with E-state index in [9.17, 15) is 5.26 Å². The van der Waals surface area contributed by atoms with Crippen LogP contribution in [0.15, 0.2) is 24.3 Å². The van der Waals surface area contributed by atoms with E-state index < -0.39 is 0 Å². The van der Waals surface area contributed by atoms with E-state index in [0.29, 0.717) is 6.04 Å². The number of hydrogen-bond donors (Lipinski definition) is 1. The van der Waals surface area contributed by atoms with Gasteiger partial charge in [0.2, 0.25) is 0 Å². The van der Waals surface area contributed by atoms with Gasteiger partial charge in [0, 0.05) is 6.04 Å². The zero-order valence-electron chi connectivity index (χ0n) is 11.2. The van der Waals surface area contributed by atoms with E-state index in [-0.39, 0.29) is 0 Å². The standard InChI is InChI=1S/C17H20N2/c18-10-13-3-1-2-4-16(13)19-17-14-6-11-5-12(8-14)9-15(17)7-11/h1-4,11-12,14-15,17,19H,5-9H2. The lowest BCUT2D eigenvalue weighted by atomic mass is 9.54. The average Bonchev–Trinajstić information content (AvgIpc) is 2.42. The van der Waals surface area contributed by atoms with E-state index >= 15 is 0 Å². The Morgan fingerprint density at radius 3 is 2.21 bits per heavy atom. The first kappa shape index (κ1) is 11.3. The van der Waals surface area contributed by atoms with Crippen molar-refractivity contribution in [3.05, 3.63) is 29.8 Å². The van der Waals surface area contributed by atoms with Crippen LogP contribution in [0.2, 0.25) is 0 Å². The Labute approximate surface area is 114 Å². The summed E-state index contributed by atoms with van der Waals surface area (Å²) in [5, 5.41) is 12.9. The Balaban J connectivity index is 1.59. The molecule has 4 fully saturated rings. The lowest BCUT2D eigenvalue weighted by Crippen LogP contribution is -2.51. The van der Waals surface area contributed by atoms with E-state index in [1.807, 2.05) is 18.2 Å². The molecule has 0 aliphatic heterocycles. The van der Waals surface area contributed by atoms with Crippen molar-refractivity contribution in [1.29, 1.82) is 5.26 Å². The van der Waals surface area contributed by atoms with Crippen LogP contribution in [0.1, 0.15) is 37.7 Å². The van der Waals surface area contributed by atoms with Crippen molar-refractivity contribution in [2.45, 2.75) is 38.1 Å². The van der Waals surface area contributed by atoms with Crippen LogP contribution in [0.3, 0.4) is 0 Å². The van der Waals surface area contributed by atoms with Gasteiger partial charge in [0.15, 0.2) is 0 Å². The minimum Gasteiger partial charge on any atom is -0.381 e. The van der Waals surface area contributed by atoms with Crippen molar-refractivity contribution in [3.63, 3.8) is 0 Å². The summed E-state index contributed by atoms with van der Waals surface area (Å²) >= 11 is 0. The molecular weight excluding hydrogens is 232 g/mol. The molecule has 0 aromatic heterocycles. The fourth-order valence-corrected chi connectivity index (χ4v) is 5.05. The molecule has 98 valence electrons. The van der Waals surface area contributed by atoms with Gasteiger partial charge in [-0.3, -0.25) is 0 Å². The van der Waals surface area contributed by atoms with E-state index in [1.165, 1.54) is 32.1 Å². The van der Waals surface area contributed by atoms with Crippen LogP contribution in [-0.4, -0.2) is 6.04 Å². The number of nitriles is 1. The highest BCUT2D eigenvalue weighted by molar-refractivity contribution is 5.58. The fraction of sp³-hybridized carbons (Fsp3) is 0.588. The van der Waals surface area contributed by atoms with Crippen molar-refractivity contribution in [1.82, 2.24) is 0 Å². The molecule has 1 aromatic carbocycles. The van der Waals surface area contributed by atoms with E-state index in [4.69, 9.17) is 0 Å². The van der Waals surface area contributed by atoms with Crippen molar-refractivity contribution >= 4 is 5.69 Å². The smallest absolute Gasteiger partial charge is 0.101 e. The van der Waals surface area contributed by atoms with Gasteiger partial charge < -0.3 is 5.32 Å². The highest BCUT2D eigenvalue weighted by atomic mass is 15.0. The van der Waals surface area contributed by atoms with Gasteiger partial charge in [-0.1, -0.05) is 12.1 Å². The molecule has 0 amide bonds. The molecule has 0 atom stereocenters. The van der Waals surface area contributed by atoms with Gasteiger partial charge in [0.1, 0.15) is 6.07 Å². The molecule has 4 aliphatic carbocycles. The Morgan fingerprint density at radius 1 is 0.947 bits per heavy atom. The minimum atomic E-state index is 0.613. The molecule has 2 heteroatoms. The maximum Gasteiger partial charge on any atom is 0.101 e. The molecule has 0 spiro atoms. The molecule has 1 aromatic rings. The molecule has 0 unspecified atom stereocenters. The van der Waals surface area contributed by atoms with Crippen LogP contribution < -0.4 is 5.32 Å². The first-order valence-electron chi connectivity index (χ1n) is 7.59. The first-order valence-corrected chi connectivity index (χ1v) is 7.59. The normalized spacial score (nSPS) is 39.0. The van der Waals surface area contributed by atoms with Crippen molar-refractivity contribution in [2.24, 2.45) is 23.7 Å². The van der Waals surface area contributed by atoms with Crippen LogP contribution in [0.25, 0.3) is 0 Å². The number of nitrogens with zero attached hydrogens (tertiary/aromatic N) is 1. The van der Waals surface area contributed by atoms with Gasteiger partial charge in [-0.25, -0.2) is 0 Å². The summed E-state index contributed by atoms with van der Waals surface area (Å²) < 4.78 is 0. The average molecular weight is 252 g/mol. The summed E-state index contributed by atoms with van der Waals surface area (Å²) in [5.41, 5.74) is 1.83. The molecule has 0 saturated heterocycles. The lowest BCUT2D eigenvalue weighted by Gasteiger charge is -2.54. The van der Waals surface area contributed by atoms with E-state index in [1.54, 1.807) is 0 Å². The Kier molecular flexibility index (Phi) is 2.55. The third-order valence-electron chi connectivity index (χ3n) is 5.60. The molecular formula is C17H20N2. The molecule has 4 saturated carbocycles. The number of rotatable bonds is 2. The Bertz CT molecular complexity index is 500. The highest BCUT2D eigenvalue weighted by Crippen LogP contribution is 2.54. The molecule has 19 heavy (non-hydrogen) atoms. The maximum atomic E-state index is 9.21. The summed E-state index contributed by atoms with van der Waals surface area (Å²) in [6.07, 6.45) is 7.16. The number of benzene rings is 1. The highest BCUT2D eigenvalue weighted by Gasteiger charge is 2.48. The van der Waals surface area contributed by atoms with E-state index in [2.05, 4.69) is 17.5 Å². The predicted octanol–water partition coefficient (Wildman–Crippen LogP) is 3.79. The fourth-order valence-electron chi connectivity index (χ4n) is 5.05. The lowest BCUT2D eigenvalue weighted by molar-refractivity contribution is 0.00753. The Hall–Kier alpha value is -1.49. The van der Waals surface area contributed by atoms with Gasteiger partial charge in [0.05, 0.1) is 11.3 Å². The second-order valence-electron chi connectivity index (χ2n) is 6.76. The summed E-state index contributed by atoms with van der Waals surface area (Å²) in [5.74, 6) is 3.71. The topological polar surface area (TPSA) is 35.8 Å². The van der Waals surface area contributed by atoms with Crippen LogP contribution in [0.5, 0.6) is 0 Å². The summed E-state index contributed by atoms with van der Waals surface area (Å²) in [6, 6.07) is 10.9. The molecule has 5 rings (SSSR count). The monoisotopic (exact) mass is 252 g/mol. The molecule has 0 heterocycles.